The Balaban J connectivity index is 2.05. The topological polar surface area (TPSA) is 104 Å². The van der Waals surface area contributed by atoms with Gasteiger partial charge >= 0.3 is 12.0 Å². The summed E-state index contributed by atoms with van der Waals surface area (Å²) in [6.45, 7) is 2.08. The molecule has 0 aliphatic carbocycles. The van der Waals surface area contributed by atoms with Crippen molar-refractivity contribution in [3.63, 3.8) is 0 Å². The molecule has 8 heteroatoms. The van der Waals surface area contributed by atoms with Crippen LogP contribution in [0.5, 0.6) is 0 Å². The van der Waals surface area contributed by atoms with E-state index in [1.54, 1.807) is 6.92 Å². The molecule has 7 nitrogen and oxygen atoms in total. The summed E-state index contributed by atoms with van der Waals surface area (Å²) in [7, 11) is -3.11. The molecular weight excluding hydrogens is 284 g/mol. The SMILES string of the molecule is CC1(NC(=O)N2CCCCC2C(=O)O)CCS(=O)(=O)C1. The third kappa shape index (κ3) is 3.23. The Morgan fingerprint density at radius 1 is 1.35 bits per heavy atom. The van der Waals surface area contributed by atoms with Gasteiger partial charge in [-0.15, -0.1) is 0 Å². The summed E-state index contributed by atoms with van der Waals surface area (Å²) in [6.07, 6.45) is 2.36. The predicted octanol–water partition coefficient (Wildman–Crippen LogP) is 0.212. The van der Waals surface area contributed by atoms with E-state index < -0.39 is 33.4 Å². The first-order valence-electron chi connectivity index (χ1n) is 6.74. The number of nitrogens with zero attached hydrogens (tertiary/aromatic N) is 1. The van der Waals surface area contributed by atoms with Crippen LogP contribution in [0, 0.1) is 0 Å². The fourth-order valence-corrected chi connectivity index (χ4v) is 4.96. The van der Waals surface area contributed by atoms with E-state index in [1.165, 1.54) is 4.90 Å². The van der Waals surface area contributed by atoms with Crippen LogP contribution in [0.1, 0.15) is 32.6 Å². The molecule has 2 fully saturated rings. The Morgan fingerprint density at radius 3 is 2.60 bits per heavy atom. The van der Waals surface area contributed by atoms with Gasteiger partial charge in [-0.05, 0) is 32.6 Å². The molecule has 2 aliphatic heterocycles. The average molecular weight is 304 g/mol. The van der Waals surface area contributed by atoms with Crippen molar-refractivity contribution in [2.24, 2.45) is 0 Å². The smallest absolute Gasteiger partial charge is 0.326 e. The van der Waals surface area contributed by atoms with Crippen LogP contribution in [0.4, 0.5) is 4.79 Å². The van der Waals surface area contributed by atoms with Gasteiger partial charge in [0.1, 0.15) is 6.04 Å². The second-order valence-corrected chi connectivity index (χ2v) is 8.06. The van der Waals surface area contributed by atoms with Gasteiger partial charge in [0, 0.05) is 6.54 Å². The Morgan fingerprint density at radius 2 is 2.05 bits per heavy atom. The lowest BCUT2D eigenvalue weighted by Crippen LogP contribution is -2.57. The third-order valence-electron chi connectivity index (χ3n) is 3.96. The number of hydrogen-bond acceptors (Lipinski definition) is 4. The molecule has 0 aromatic rings. The number of carbonyl (C=O) groups excluding carboxylic acids is 1. The lowest BCUT2D eigenvalue weighted by atomic mass is 10.0. The van der Waals surface area contributed by atoms with E-state index >= 15 is 0 Å². The minimum atomic E-state index is -3.11. The molecule has 2 saturated heterocycles. The lowest BCUT2D eigenvalue weighted by Gasteiger charge is -2.35. The van der Waals surface area contributed by atoms with E-state index in [0.29, 0.717) is 19.4 Å². The fraction of sp³-hybridized carbons (Fsp3) is 0.833. The van der Waals surface area contributed by atoms with Crippen molar-refractivity contribution in [1.82, 2.24) is 10.2 Å². The standard InChI is InChI=1S/C12H20N2O5S/c1-12(5-7-20(18,19)8-12)13-11(17)14-6-3-2-4-9(14)10(15)16/h9H,2-8H2,1H3,(H,13,17)(H,15,16). The average Bonchev–Trinajstić information content (AvgIpc) is 2.63. The number of likely N-dealkylation sites (tertiary alicyclic amines) is 1. The molecule has 2 amide bonds. The molecule has 2 atom stereocenters. The number of rotatable bonds is 2. The molecule has 2 rings (SSSR count). The van der Waals surface area contributed by atoms with Gasteiger partial charge in [0.15, 0.2) is 9.84 Å². The molecule has 0 radical (unpaired) electrons. The molecule has 0 bridgehead atoms. The van der Waals surface area contributed by atoms with Gasteiger partial charge in [-0.25, -0.2) is 18.0 Å². The number of carbonyl (C=O) groups is 2. The van der Waals surface area contributed by atoms with E-state index in [4.69, 9.17) is 5.11 Å². The van der Waals surface area contributed by atoms with Crippen LogP contribution >= 0.6 is 0 Å². The number of sulfone groups is 1. The van der Waals surface area contributed by atoms with Crippen molar-refractivity contribution in [2.45, 2.75) is 44.2 Å². The minimum Gasteiger partial charge on any atom is -0.480 e. The van der Waals surface area contributed by atoms with Gasteiger partial charge < -0.3 is 15.3 Å². The molecule has 20 heavy (non-hydrogen) atoms. The Kier molecular flexibility index (Phi) is 3.95. The van der Waals surface area contributed by atoms with Gasteiger partial charge in [0.05, 0.1) is 17.0 Å². The highest BCUT2D eigenvalue weighted by Gasteiger charge is 2.41. The summed E-state index contributed by atoms with van der Waals surface area (Å²) < 4.78 is 23.0. The van der Waals surface area contributed by atoms with Crippen LogP contribution in [0.2, 0.25) is 0 Å². The van der Waals surface area contributed by atoms with Gasteiger partial charge in [0.2, 0.25) is 0 Å². The quantitative estimate of drug-likeness (QED) is 0.759. The third-order valence-corrected chi connectivity index (χ3v) is 5.86. The van der Waals surface area contributed by atoms with Crippen molar-refractivity contribution >= 4 is 21.8 Å². The van der Waals surface area contributed by atoms with E-state index in [9.17, 15) is 18.0 Å². The molecule has 2 heterocycles. The Bertz CT molecular complexity index is 518. The number of aliphatic carboxylic acids is 1. The van der Waals surface area contributed by atoms with Crippen molar-refractivity contribution in [3.05, 3.63) is 0 Å². The van der Waals surface area contributed by atoms with E-state index in [2.05, 4.69) is 5.32 Å². The van der Waals surface area contributed by atoms with Crippen LogP contribution in [-0.4, -0.2) is 60.1 Å². The van der Waals surface area contributed by atoms with Gasteiger partial charge in [0.25, 0.3) is 0 Å². The van der Waals surface area contributed by atoms with Gasteiger partial charge in [-0.2, -0.15) is 0 Å². The normalized spacial score (nSPS) is 32.9. The monoisotopic (exact) mass is 304 g/mol. The van der Waals surface area contributed by atoms with Crippen LogP contribution in [0.3, 0.4) is 0 Å². The Labute approximate surface area is 118 Å². The van der Waals surface area contributed by atoms with Crippen LogP contribution in [0.25, 0.3) is 0 Å². The van der Waals surface area contributed by atoms with Gasteiger partial charge in [-0.1, -0.05) is 0 Å². The number of carboxylic acids is 1. The van der Waals surface area contributed by atoms with E-state index in [-0.39, 0.29) is 11.5 Å². The lowest BCUT2D eigenvalue weighted by molar-refractivity contribution is -0.143. The number of urea groups is 1. The van der Waals surface area contributed by atoms with Crippen molar-refractivity contribution in [2.75, 3.05) is 18.1 Å². The molecule has 2 unspecified atom stereocenters. The summed E-state index contributed by atoms with van der Waals surface area (Å²) in [4.78, 5) is 24.7. The second-order valence-electron chi connectivity index (χ2n) is 5.88. The van der Waals surface area contributed by atoms with E-state index in [1.807, 2.05) is 0 Å². The van der Waals surface area contributed by atoms with Crippen molar-refractivity contribution < 1.29 is 23.1 Å². The molecule has 2 N–H and O–H groups in total. The zero-order valence-corrected chi connectivity index (χ0v) is 12.3. The highest BCUT2D eigenvalue weighted by Crippen LogP contribution is 2.24. The number of nitrogens with one attached hydrogen (secondary N) is 1. The van der Waals surface area contributed by atoms with Crippen molar-refractivity contribution in [1.29, 1.82) is 0 Å². The number of piperidine rings is 1. The fourth-order valence-electron chi connectivity index (χ4n) is 2.87. The molecule has 2 aliphatic rings. The molecule has 114 valence electrons. The summed E-state index contributed by atoms with van der Waals surface area (Å²) in [5, 5.41) is 11.9. The maximum atomic E-state index is 12.2. The number of hydrogen-bond donors (Lipinski definition) is 2. The first-order chi connectivity index (χ1) is 9.22. The summed E-state index contributed by atoms with van der Waals surface area (Å²) >= 11 is 0. The largest absolute Gasteiger partial charge is 0.480 e. The van der Waals surface area contributed by atoms with Crippen LogP contribution < -0.4 is 5.32 Å². The summed E-state index contributed by atoms with van der Waals surface area (Å²) in [5.74, 6) is -1.03. The first kappa shape index (κ1) is 15.1. The second kappa shape index (κ2) is 5.23. The summed E-state index contributed by atoms with van der Waals surface area (Å²) in [6, 6.07) is -1.29. The maximum absolute atomic E-state index is 12.2. The van der Waals surface area contributed by atoms with Crippen LogP contribution in [0.15, 0.2) is 0 Å². The zero-order valence-electron chi connectivity index (χ0n) is 11.5. The molecule has 0 spiro atoms. The Hall–Kier alpha value is -1.31. The first-order valence-corrected chi connectivity index (χ1v) is 8.57. The predicted molar refractivity (Wildman–Crippen MR) is 72.2 cm³/mol. The highest BCUT2D eigenvalue weighted by atomic mass is 32.2. The molecular formula is C12H20N2O5S. The zero-order chi connectivity index (χ0) is 15.0. The number of amides is 2. The van der Waals surface area contributed by atoms with E-state index in [0.717, 1.165) is 12.8 Å². The van der Waals surface area contributed by atoms with Crippen LogP contribution in [-0.2, 0) is 14.6 Å². The molecule has 0 saturated carbocycles. The molecule has 0 aromatic carbocycles. The number of carboxylic acid groups (broad SMARTS) is 1. The van der Waals surface area contributed by atoms with Crippen molar-refractivity contribution in [3.8, 4) is 0 Å². The van der Waals surface area contributed by atoms with Gasteiger partial charge in [-0.3, -0.25) is 0 Å². The molecule has 0 aromatic heterocycles. The summed E-state index contributed by atoms with van der Waals surface area (Å²) in [5.41, 5.74) is -0.795. The maximum Gasteiger partial charge on any atom is 0.326 e. The minimum absolute atomic E-state index is 0.0616. The highest BCUT2D eigenvalue weighted by molar-refractivity contribution is 7.91.